The Kier molecular flexibility index (Phi) is 8.91. The lowest BCUT2D eigenvalue weighted by atomic mass is 9.97. The van der Waals surface area contributed by atoms with E-state index in [0.29, 0.717) is 52.9 Å². The molecule has 0 aliphatic carbocycles. The molecular formula is C36H30O5S4. The van der Waals surface area contributed by atoms with Crippen LogP contribution >= 0.6 is 47.0 Å². The maximum Gasteiger partial charge on any atom is 0.127 e. The predicted molar refractivity (Wildman–Crippen MR) is 187 cm³/mol. The molecule has 3 aliphatic rings. The number of hydrogen-bond acceptors (Lipinski definition) is 9. The predicted octanol–water partition coefficient (Wildman–Crippen LogP) is 7.74. The quantitative estimate of drug-likeness (QED) is 0.154. The van der Waals surface area contributed by atoms with Crippen molar-refractivity contribution in [1.82, 2.24) is 0 Å². The molecule has 3 heterocycles. The van der Waals surface area contributed by atoms with Crippen LogP contribution in [0.5, 0.6) is 11.5 Å². The average molecular weight is 671 g/mol. The number of thioether (sulfide) groups is 4. The summed E-state index contributed by atoms with van der Waals surface area (Å²) < 4.78 is 33.0. The minimum atomic E-state index is 0.439. The Labute approximate surface area is 278 Å². The van der Waals surface area contributed by atoms with Crippen LogP contribution < -0.4 is 19.9 Å². The van der Waals surface area contributed by atoms with Crippen molar-refractivity contribution in [2.75, 3.05) is 52.9 Å². The van der Waals surface area contributed by atoms with Crippen LogP contribution in [0.1, 0.15) is 0 Å². The summed E-state index contributed by atoms with van der Waals surface area (Å²) in [4.78, 5) is 5.11. The van der Waals surface area contributed by atoms with Crippen LogP contribution in [0.15, 0.2) is 105 Å². The van der Waals surface area contributed by atoms with E-state index in [9.17, 15) is 0 Å². The summed E-state index contributed by atoms with van der Waals surface area (Å²) in [6, 6.07) is 30.2. The van der Waals surface area contributed by atoms with Gasteiger partial charge in [0.15, 0.2) is 0 Å². The van der Waals surface area contributed by atoms with Crippen molar-refractivity contribution in [2.45, 2.75) is 19.6 Å². The van der Waals surface area contributed by atoms with Gasteiger partial charge in [0.1, 0.15) is 24.7 Å². The summed E-state index contributed by atoms with van der Waals surface area (Å²) in [5, 5.41) is 6.92. The fourth-order valence-electron chi connectivity index (χ4n) is 5.78. The third-order valence-corrected chi connectivity index (χ3v) is 12.8. The minimum Gasteiger partial charge on any atom is -0.491 e. The zero-order valence-electron chi connectivity index (χ0n) is 24.4. The molecule has 8 rings (SSSR count). The minimum absolute atomic E-state index is 0.439. The Balaban J connectivity index is 1.44. The summed E-state index contributed by atoms with van der Waals surface area (Å²) in [6.45, 7) is 3.91. The van der Waals surface area contributed by atoms with Gasteiger partial charge in [0.25, 0.3) is 0 Å². The molecule has 5 nitrogen and oxygen atoms in total. The highest BCUT2D eigenvalue weighted by Gasteiger charge is 2.25. The van der Waals surface area contributed by atoms with Crippen molar-refractivity contribution in [3.63, 3.8) is 0 Å². The molecule has 2 bridgehead atoms. The molecule has 9 heteroatoms. The van der Waals surface area contributed by atoms with E-state index in [-0.39, 0.29) is 0 Å². The van der Waals surface area contributed by atoms with Crippen LogP contribution in [0.25, 0.3) is 30.0 Å². The zero-order valence-corrected chi connectivity index (χ0v) is 27.7. The van der Waals surface area contributed by atoms with E-state index in [1.165, 1.54) is 44.0 Å². The smallest absolute Gasteiger partial charge is 0.127 e. The summed E-state index contributed by atoms with van der Waals surface area (Å²) in [6.07, 6.45) is 0. The highest BCUT2D eigenvalue weighted by Crippen LogP contribution is 2.53. The first-order valence-corrected chi connectivity index (χ1v) is 18.3. The van der Waals surface area contributed by atoms with Gasteiger partial charge in [0.05, 0.1) is 48.1 Å². The van der Waals surface area contributed by atoms with Crippen molar-refractivity contribution in [3.8, 4) is 11.5 Å². The van der Waals surface area contributed by atoms with E-state index < -0.39 is 0 Å². The molecule has 0 N–H and O–H groups in total. The number of rotatable bonds is 0. The second-order valence-corrected chi connectivity index (χ2v) is 15.2. The van der Waals surface area contributed by atoms with Gasteiger partial charge in [-0.25, -0.2) is 0 Å². The molecule has 0 fully saturated rings. The van der Waals surface area contributed by atoms with Crippen molar-refractivity contribution < 1.29 is 23.7 Å². The van der Waals surface area contributed by atoms with E-state index in [0.717, 1.165) is 27.5 Å². The van der Waals surface area contributed by atoms with Gasteiger partial charge in [0, 0.05) is 40.8 Å². The molecule has 0 atom stereocenters. The fourth-order valence-corrected chi connectivity index (χ4v) is 11.0. The maximum absolute atomic E-state index is 6.58. The first kappa shape index (κ1) is 29.6. The summed E-state index contributed by atoms with van der Waals surface area (Å²) >= 11 is 7.34. The Morgan fingerprint density at radius 1 is 0.378 bits per heavy atom. The van der Waals surface area contributed by atoms with Crippen LogP contribution in [-0.2, 0) is 14.2 Å². The second kappa shape index (κ2) is 13.5. The van der Waals surface area contributed by atoms with Gasteiger partial charge in [-0.2, -0.15) is 0 Å². The van der Waals surface area contributed by atoms with E-state index in [2.05, 4.69) is 84.9 Å². The first-order valence-electron chi connectivity index (χ1n) is 15.0. The van der Waals surface area contributed by atoms with Gasteiger partial charge in [0.2, 0.25) is 0 Å². The molecule has 5 aromatic rings. The van der Waals surface area contributed by atoms with Crippen molar-refractivity contribution in [3.05, 3.63) is 95.4 Å². The van der Waals surface area contributed by atoms with Crippen LogP contribution in [0.2, 0.25) is 0 Å². The number of ether oxygens (including phenoxy) is 5. The zero-order chi connectivity index (χ0) is 30.0. The molecular weight excluding hydrogens is 641 g/mol. The Morgan fingerprint density at radius 3 is 1.18 bits per heavy atom. The standard InChI is InChI=1S/C36H30O5S4/c1-2-12-28-27(11-1)42-35(43-28)31-23-7-5-9-25-32(23)34(36-44-29-13-3-4-14-30(29)45-36)33-24(31)8-6-10-26(33)41-22-20-39-18-16-37-15-17-38-19-21-40-25/h1-14H,15-22H2. The lowest BCUT2D eigenvalue weighted by molar-refractivity contribution is 0.00509. The third-order valence-electron chi connectivity index (χ3n) is 7.72. The number of benzene rings is 5. The molecule has 0 radical (unpaired) electrons. The van der Waals surface area contributed by atoms with Gasteiger partial charge >= 0.3 is 0 Å². The highest BCUT2D eigenvalue weighted by atomic mass is 32.2. The lowest BCUT2D eigenvalue weighted by Crippen LogP contribution is -2.20. The molecule has 5 aromatic carbocycles. The molecule has 45 heavy (non-hydrogen) atoms. The highest BCUT2D eigenvalue weighted by molar-refractivity contribution is 8.32. The van der Waals surface area contributed by atoms with E-state index in [1.54, 1.807) is 0 Å². The SMILES string of the molecule is c1ccc2c(c1)SC(=c1c3cccc4c3c(=C3Sc5ccccc5S3)c3c(cccc13)OCCOCCOCCOCCO4)S2. The molecule has 3 aliphatic heterocycles. The van der Waals surface area contributed by atoms with Gasteiger partial charge in [-0.05, 0) is 47.2 Å². The van der Waals surface area contributed by atoms with Gasteiger partial charge in [-0.3, -0.25) is 0 Å². The molecule has 0 saturated carbocycles. The van der Waals surface area contributed by atoms with Crippen molar-refractivity contribution in [2.24, 2.45) is 0 Å². The third kappa shape index (κ3) is 5.96. The van der Waals surface area contributed by atoms with Gasteiger partial charge in [-0.15, -0.1) is 0 Å². The van der Waals surface area contributed by atoms with Crippen LogP contribution in [-0.4, -0.2) is 52.9 Å². The summed E-state index contributed by atoms with van der Waals surface area (Å²) in [7, 11) is 0. The second-order valence-electron chi connectivity index (χ2n) is 10.5. The largest absolute Gasteiger partial charge is 0.491 e. The fraction of sp³-hybridized carbons (Fsp3) is 0.222. The molecule has 0 saturated heterocycles. The molecule has 228 valence electrons. The van der Waals surface area contributed by atoms with Crippen molar-refractivity contribution >= 4 is 77.1 Å². The Bertz CT molecular complexity index is 1890. The molecule has 0 unspecified atom stereocenters. The summed E-state index contributed by atoms with van der Waals surface area (Å²) in [5.41, 5.74) is 0. The number of hydrogen-bond donors (Lipinski definition) is 0. The van der Waals surface area contributed by atoms with Crippen LogP contribution in [0.3, 0.4) is 0 Å². The lowest BCUT2D eigenvalue weighted by Gasteiger charge is -2.18. The van der Waals surface area contributed by atoms with Crippen LogP contribution in [0, 0.1) is 0 Å². The van der Waals surface area contributed by atoms with E-state index >= 15 is 0 Å². The first-order chi connectivity index (χ1) is 22.3. The molecule has 0 aromatic heterocycles. The Morgan fingerprint density at radius 2 is 0.756 bits per heavy atom. The van der Waals surface area contributed by atoms with Gasteiger partial charge < -0.3 is 23.7 Å². The number of fused-ring (bicyclic) bond motifs is 2. The molecule has 0 spiro atoms. The molecule has 0 amide bonds. The Hall–Kier alpha value is -2.76. The van der Waals surface area contributed by atoms with E-state index in [4.69, 9.17) is 23.7 Å². The van der Waals surface area contributed by atoms with Gasteiger partial charge in [-0.1, -0.05) is 95.6 Å². The van der Waals surface area contributed by atoms with Crippen molar-refractivity contribution in [1.29, 1.82) is 0 Å². The summed E-state index contributed by atoms with van der Waals surface area (Å²) in [5.74, 6) is 1.70. The van der Waals surface area contributed by atoms with E-state index in [1.807, 2.05) is 47.0 Å². The average Bonchev–Trinajstić information content (AvgIpc) is 3.70. The normalized spacial score (nSPS) is 17.6. The van der Waals surface area contributed by atoms with Crippen LogP contribution in [0.4, 0.5) is 0 Å². The monoisotopic (exact) mass is 670 g/mol. The topological polar surface area (TPSA) is 46.2 Å². The maximum atomic E-state index is 6.58.